The average molecular weight is 358 g/mol. The van der Waals surface area contributed by atoms with E-state index in [1.165, 1.54) is 0 Å². The van der Waals surface area contributed by atoms with Crippen LogP contribution in [0.3, 0.4) is 0 Å². The highest BCUT2D eigenvalue weighted by Crippen LogP contribution is 2.52. The molecular weight excluding hydrogens is 332 g/mol. The lowest BCUT2D eigenvalue weighted by atomic mass is 9.76. The van der Waals surface area contributed by atoms with Crippen molar-refractivity contribution in [2.75, 3.05) is 20.1 Å². The summed E-state index contributed by atoms with van der Waals surface area (Å²) in [6.45, 7) is 7.92. The Morgan fingerprint density at radius 3 is 2.92 bits per heavy atom. The van der Waals surface area contributed by atoms with Crippen LogP contribution in [0.2, 0.25) is 0 Å². The number of aromatic nitrogens is 2. The highest BCUT2D eigenvalue weighted by Gasteiger charge is 2.67. The number of H-pyrrole nitrogens is 1. The predicted octanol–water partition coefficient (Wildman–Crippen LogP) is 1.20. The fourth-order valence-electron chi connectivity index (χ4n) is 4.51. The molecule has 7 nitrogen and oxygen atoms in total. The van der Waals surface area contributed by atoms with E-state index < -0.39 is 17.4 Å². The lowest BCUT2D eigenvalue weighted by Crippen LogP contribution is -2.45. The van der Waals surface area contributed by atoms with Gasteiger partial charge in [0, 0.05) is 26.0 Å². The topological polar surface area (TPSA) is 78.5 Å². The van der Waals surface area contributed by atoms with Gasteiger partial charge in [-0.15, -0.1) is 0 Å². The third-order valence-electron chi connectivity index (χ3n) is 5.45. The summed E-state index contributed by atoms with van der Waals surface area (Å²) in [6, 6.07) is 0. The predicted molar refractivity (Wildman–Crippen MR) is 94.8 cm³/mol. The van der Waals surface area contributed by atoms with Crippen LogP contribution in [0.25, 0.3) is 0 Å². The molecular formula is C19H26N4O3. The van der Waals surface area contributed by atoms with E-state index >= 15 is 0 Å². The van der Waals surface area contributed by atoms with Crippen molar-refractivity contribution >= 4 is 11.8 Å². The Labute approximate surface area is 153 Å². The second-order valence-corrected chi connectivity index (χ2v) is 8.89. The molecule has 1 aromatic heterocycles. The van der Waals surface area contributed by atoms with Crippen LogP contribution in [0, 0.1) is 17.3 Å². The summed E-state index contributed by atoms with van der Waals surface area (Å²) in [6.07, 6.45) is 7.04. The Kier molecular flexibility index (Phi) is 3.77. The van der Waals surface area contributed by atoms with E-state index in [9.17, 15) is 9.59 Å². The van der Waals surface area contributed by atoms with Crippen LogP contribution in [0.1, 0.15) is 26.6 Å². The van der Waals surface area contributed by atoms with Gasteiger partial charge in [0.2, 0.25) is 11.8 Å². The number of rotatable bonds is 4. The zero-order valence-electron chi connectivity index (χ0n) is 15.7. The maximum atomic E-state index is 13.1. The first-order valence-electron chi connectivity index (χ1n) is 9.09. The molecule has 26 heavy (non-hydrogen) atoms. The number of fused-ring (bicyclic) bond motifs is 1. The highest BCUT2D eigenvalue weighted by atomic mass is 16.5. The van der Waals surface area contributed by atoms with Crippen LogP contribution in [-0.4, -0.2) is 63.4 Å². The van der Waals surface area contributed by atoms with Crippen molar-refractivity contribution in [1.29, 1.82) is 0 Å². The fraction of sp³-hybridized carbons (Fsp3) is 0.632. The van der Waals surface area contributed by atoms with Gasteiger partial charge in [0.05, 0.1) is 31.0 Å². The molecule has 4 heterocycles. The number of hydrogen-bond donors (Lipinski definition) is 1. The quantitative estimate of drug-likeness (QED) is 0.821. The first-order valence-corrected chi connectivity index (χ1v) is 9.09. The zero-order valence-corrected chi connectivity index (χ0v) is 15.7. The SMILES string of the molecule is CN(Cc1ncc[nH]1)C(=O)[C@@H]1[C@@H]2C=C[C@@]3(CN(CC(C)(C)C)C(=O)[C@@H]13)O2. The number of amides is 2. The van der Waals surface area contributed by atoms with Crippen molar-refractivity contribution in [3.63, 3.8) is 0 Å². The molecule has 3 aliphatic heterocycles. The van der Waals surface area contributed by atoms with E-state index in [-0.39, 0.29) is 23.3 Å². The second kappa shape index (κ2) is 5.67. The minimum absolute atomic E-state index is 0.00222. The summed E-state index contributed by atoms with van der Waals surface area (Å²) < 4.78 is 6.17. The number of nitrogens with zero attached hydrogens (tertiary/aromatic N) is 3. The second-order valence-electron chi connectivity index (χ2n) is 8.89. The number of carbonyl (C=O) groups is 2. The van der Waals surface area contributed by atoms with Crippen LogP contribution in [0.4, 0.5) is 0 Å². The molecule has 7 heteroatoms. The van der Waals surface area contributed by atoms with Gasteiger partial charge in [0.15, 0.2) is 0 Å². The van der Waals surface area contributed by atoms with Gasteiger partial charge in [0.1, 0.15) is 11.4 Å². The van der Waals surface area contributed by atoms with Crippen LogP contribution in [-0.2, 0) is 20.9 Å². The molecule has 0 unspecified atom stereocenters. The monoisotopic (exact) mass is 358 g/mol. The number of ether oxygens (including phenoxy) is 1. The van der Waals surface area contributed by atoms with Gasteiger partial charge in [-0.3, -0.25) is 9.59 Å². The van der Waals surface area contributed by atoms with E-state index in [0.29, 0.717) is 19.6 Å². The Balaban J connectivity index is 1.56. The van der Waals surface area contributed by atoms with E-state index in [1.807, 2.05) is 17.1 Å². The molecule has 0 aromatic carbocycles. The Hall–Kier alpha value is -2.15. The molecule has 0 saturated carbocycles. The summed E-state index contributed by atoms with van der Waals surface area (Å²) in [5, 5.41) is 0. The number of aromatic amines is 1. The Morgan fingerprint density at radius 2 is 2.27 bits per heavy atom. The smallest absolute Gasteiger partial charge is 0.230 e. The molecule has 1 aromatic rings. The normalized spacial score (nSPS) is 32.4. The number of imidazole rings is 1. The number of hydrogen-bond acceptors (Lipinski definition) is 4. The van der Waals surface area contributed by atoms with Crippen molar-refractivity contribution in [2.24, 2.45) is 17.3 Å². The van der Waals surface area contributed by atoms with Gasteiger partial charge < -0.3 is 19.5 Å². The van der Waals surface area contributed by atoms with Crippen molar-refractivity contribution < 1.29 is 14.3 Å². The third-order valence-corrected chi connectivity index (χ3v) is 5.45. The van der Waals surface area contributed by atoms with E-state index in [0.717, 1.165) is 5.82 Å². The van der Waals surface area contributed by atoms with Crippen LogP contribution in [0.5, 0.6) is 0 Å². The summed E-state index contributed by atoms with van der Waals surface area (Å²) in [7, 11) is 1.75. The van der Waals surface area contributed by atoms with Crippen molar-refractivity contribution in [2.45, 2.75) is 39.0 Å². The summed E-state index contributed by atoms with van der Waals surface area (Å²) in [5.74, 6) is -0.184. The van der Waals surface area contributed by atoms with Gasteiger partial charge in [-0.05, 0) is 5.41 Å². The molecule has 2 bridgehead atoms. The first-order chi connectivity index (χ1) is 12.2. The van der Waals surface area contributed by atoms with E-state index in [4.69, 9.17) is 4.74 Å². The van der Waals surface area contributed by atoms with Crippen LogP contribution >= 0.6 is 0 Å². The van der Waals surface area contributed by atoms with Crippen molar-refractivity contribution in [3.05, 3.63) is 30.4 Å². The molecule has 4 atom stereocenters. The molecule has 140 valence electrons. The van der Waals surface area contributed by atoms with Crippen LogP contribution < -0.4 is 0 Å². The standard InChI is InChI=1S/C19H26N4O3/c1-18(2,3)10-23-11-19-6-5-12(26-19)14(15(19)17(23)25)16(24)22(4)9-13-20-7-8-21-13/h5-8,12,14-15H,9-11H2,1-4H3,(H,20,21)/t12-,14+,15+,19-/m0/s1. The van der Waals surface area contributed by atoms with Gasteiger partial charge >= 0.3 is 0 Å². The van der Waals surface area contributed by atoms with Crippen LogP contribution in [0.15, 0.2) is 24.5 Å². The van der Waals surface area contributed by atoms with Gasteiger partial charge in [-0.2, -0.15) is 0 Å². The molecule has 2 amide bonds. The molecule has 1 N–H and O–H groups in total. The van der Waals surface area contributed by atoms with Gasteiger partial charge in [-0.1, -0.05) is 32.9 Å². The third kappa shape index (κ3) is 2.65. The average Bonchev–Trinajstić information content (AvgIpc) is 3.29. The molecule has 1 spiro atoms. The molecule has 2 saturated heterocycles. The van der Waals surface area contributed by atoms with Gasteiger partial charge in [0.25, 0.3) is 0 Å². The maximum Gasteiger partial charge on any atom is 0.230 e. The molecule has 0 radical (unpaired) electrons. The lowest BCUT2D eigenvalue weighted by molar-refractivity contribution is -0.143. The van der Waals surface area contributed by atoms with E-state index in [1.54, 1.807) is 24.3 Å². The number of nitrogens with one attached hydrogen (secondary N) is 1. The fourth-order valence-corrected chi connectivity index (χ4v) is 4.51. The maximum absolute atomic E-state index is 13.1. The molecule has 4 rings (SSSR count). The van der Waals surface area contributed by atoms with Crippen molar-refractivity contribution in [1.82, 2.24) is 19.8 Å². The minimum Gasteiger partial charge on any atom is -0.360 e. The van der Waals surface area contributed by atoms with E-state index in [2.05, 4.69) is 30.7 Å². The molecule has 0 aliphatic carbocycles. The largest absolute Gasteiger partial charge is 0.360 e. The Bertz CT molecular complexity index is 751. The zero-order chi connectivity index (χ0) is 18.7. The van der Waals surface area contributed by atoms with Gasteiger partial charge in [-0.25, -0.2) is 4.98 Å². The lowest BCUT2D eigenvalue weighted by Gasteiger charge is -2.29. The summed E-state index contributed by atoms with van der Waals surface area (Å²) >= 11 is 0. The summed E-state index contributed by atoms with van der Waals surface area (Å²) in [5.41, 5.74) is -0.638. The highest BCUT2D eigenvalue weighted by molar-refractivity contribution is 5.93. The molecule has 3 aliphatic rings. The Morgan fingerprint density at radius 1 is 1.50 bits per heavy atom. The first kappa shape index (κ1) is 17.3. The summed E-state index contributed by atoms with van der Waals surface area (Å²) in [4.78, 5) is 36.9. The molecule has 2 fully saturated rings. The minimum atomic E-state index is -0.640. The van der Waals surface area contributed by atoms with Crippen molar-refractivity contribution in [3.8, 4) is 0 Å². The number of likely N-dealkylation sites (tertiary alicyclic amines) is 1. The number of carbonyl (C=O) groups excluding carboxylic acids is 2.